The molecule has 0 fully saturated rings. The Balaban J connectivity index is 0.00000225. The summed E-state index contributed by atoms with van der Waals surface area (Å²) in [6.07, 6.45) is 1.21. The van der Waals surface area contributed by atoms with Crippen LogP contribution in [0, 0.1) is 5.92 Å². The lowest BCUT2D eigenvalue weighted by molar-refractivity contribution is -0.116. The fraction of sp³-hybridized carbons (Fsp3) is 0.667. The predicted octanol–water partition coefficient (Wildman–Crippen LogP) is 1.45. The maximum absolute atomic E-state index is 11.2. The molecule has 0 spiro atoms. The van der Waals surface area contributed by atoms with Gasteiger partial charge in [0, 0.05) is 19.4 Å². The number of anilines is 1. The predicted molar refractivity (Wildman–Crippen MR) is 68.0 cm³/mol. The number of nitrogens with zero attached hydrogens (tertiary/aromatic N) is 2. The maximum atomic E-state index is 11.2. The highest BCUT2D eigenvalue weighted by Gasteiger charge is 2.08. The van der Waals surface area contributed by atoms with E-state index in [1.807, 2.05) is 0 Å². The van der Waals surface area contributed by atoms with Gasteiger partial charge in [-0.25, -0.2) is 0 Å². The topological polar surface area (TPSA) is 80.9 Å². The number of aromatic nitrogens is 2. The van der Waals surface area contributed by atoms with Crippen molar-refractivity contribution in [3.63, 3.8) is 0 Å². The molecule has 0 saturated carbocycles. The van der Waals surface area contributed by atoms with Crippen LogP contribution in [0.1, 0.15) is 25.3 Å². The molecule has 1 amide bonds. The fourth-order valence-electron chi connectivity index (χ4n) is 1.05. The van der Waals surface area contributed by atoms with E-state index in [-0.39, 0.29) is 18.3 Å². The second-order valence-electron chi connectivity index (χ2n) is 3.69. The number of nitrogens with two attached hydrogens (primary N) is 1. The van der Waals surface area contributed by atoms with Crippen molar-refractivity contribution in [2.75, 3.05) is 11.9 Å². The molecule has 0 bridgehead atoms. The van der Waals surface area contributed by atoms with E-state index in [1.165, 1.54) is 11.3 Å². The molecule has 16 heavy (non-hydrogen) atoms. The van der Waals surface area contributed by atoms with Crippen molar-refractivity contribution in [3.05, 3.63) is 5.01 Å². The zero-order chi connectivity index (χ0) is 11.3. The summed E-state index contributed by atoms with van der Waals surface area (Å²) < 4.78 is 0. The zero-order valence-corrected chi connectivity index (χ0v) is 11.0. The lowest BCUT2D eigenvalue weighted by Crippen LogP contribution is -2.15. The molecule has 1 rings (SSSR count). The summed E-state index contributed by atoms with van der Waals surface area (Å²) in [6.45, 7) is 4.59. The first kappa shape index (κ1) is 15.3. The summed E-state index contributed by atoms with van der Waals surface area (Å²) in [6, 6.07) is 0. The average molecular weight is 265 g/mol. The molecule has 0 atom stereocenters. The van der Waals surface area contributed by atoms with Crippen molar-refractivity contribution >= 4 is 34.8 Å². The second kappa shape index (κ2) is 7.54. The first-order valence-electron chi connectivity index (χ1n) is 4.94. The molecule has 0 aliphatic carbocycles. The average Bonchev–Trinajstić information content (AvgIpc) is 2.51. The molecule has 92 valence electrons. The highest BCUT2D eigenvalue weighted by Crippen LogP contribution is 2.18. The van der Waals surface area contributed by atoms with Crippen LogP contribution in [-0.4, -0.2) is 22.6 Å². The summed E-state index contributed by atoms with van der Waals surface area (Å²) >= 11 is 1.42. The normalized spacial score (nSPS) is 10.0. The SMILES string of the molecule is CC(C)Cc1nnc(NC(=O)CCN)s1.Cl. The first-order chi connectivity index (χ1) is 7.11. The van der Waals surface area contributed by atoms with Gasteiger partial charge < -0.3 is 11.1 Å². The number of rotatable bonds is 5. The van der Waals surface area contributed by atoms with Crippen molar-refractivity contribution in [3.8, 4) is 0 Å². The number of hydrogen-bond donors (Lipinski definition) is 2. The van der Waals surface area contributed by atoms with Crippen molar-refractivity contribution in [2.24, 2.45) is 11.7 Å². The third-order valence-corrected chi connectivity index (χ3v) is 2.53. The van der Waals surface area contributed by atoms with Crippen LogP contribution >= 0.6 is 23.7 Å². The summed E-state index contributed by atoms with van der Waals surface area (Å²) in [7, 11) is 0. The van der Waals surface area contributed by atoms with Crippen molar-refractivity contribution in [1.82, 2.24) is 10.2 Å². The van der Waals surface area contributed by atoms with E-state index in [2.05, 4.69) is 29.4 Å². The standard InChI is InChI=1S/C9H16N4OS.ClH/c1-6(2)5-8-12-13-9(15-8)11-7(14)3-4-10;/h6H,3-5,10H2,1-2H3,(H,11,13,14);1H. The summed E-state index contributed by atoms with van der Waals surface area (Å²) in [5.74, 6) is 0.440. The Morgan fingerprint density at radius 2 is 2.19 bits per heavy atom. The molecule has 1 heterocycles. The van der Waals surface area contributed by atoms with Gasteiger partial charge in [0.25, 0.3) is 0 Å². The van der Waals surface area contributed by atoms with Gasteiger partial charge in [0.2, 0.25) is 11.0 Å². The van der Waals surface area contributed by atoms with Gasteiger partial charge in [-0.1, -0.05) is 25.2 Å². The van der Waals surface area contributed by atoms with Gasteiger partial charge in [-0.15, -0.1) is 22.6 Å². The second-order valence-corrected chi connectivity index (χ2v) is 4.75. The van der Waals surface area contributed by atoms with Crippen LogP contribution in [0.3, 0.4) is 0 Å². The van der Waals surface area contributed by atoms with Crippen LogP contribution < -0.4 is 11.1 Å². The van der Waals surface area contributed by atoms with Gasteiger partial charge in [-0.2, -0.15) is 0 Å². The molecule has 0 aromatic carbocycles. The molecule has 0 saturated heterocycles. The summed E-state index contributed by atoms with van der Waals surface area (Å²) in [5.41, 5.74) is 5.26. The first-order valence-corrected chi connectivity index (χ1v) is 5.75. The van der Waals surface area contributed by atoms with Crippen LogP contribution in [0.4, 0.5) is 5.13 Å². The van der Waals surface area contributed by atoms with Crippen LogP contribution in [0.5, 0.6) is 0 Å². The van der Waals surface area contributed by atoms with E-state index < -0.39 is 0 Å². The molecule has 0 unspecified atom stereocenters. The summed E-state index contributed by atoms with van der Waals surface area (Å²) in [4.78, 5) is 11.2. The largest absolute Gasteiger partial charge is 0.330 e. The van der Waals surface area contributed by atoms with Crippen molar-refractivity contribution < 1.29 is 4.79 Å². The van der Waals surface area contributed by atoms with E-state index in [0.717, 1.165) is 11.4 Å². The molecule has 0 radical (unpaired) electrons. The van der Waals surface area contributed by atoms with Gasteiger partial charge in [0.15, 0.2) is 0 Å². The fourth-order valence-corrected chi connectivity index (χ4v) is 2.02. The Morgan fingerprint density at radius 3 is 2.75 bits per heavy atom. The van der Waals surface area contributed by atoms with Gasteiger partial charge in [0.05, 0.1) is 0 Å². The number of hydrogen-bond acceptors (Lipinski definition) is 5. The molecule has 7 heteroatoms. The smallest absolute Gasteiger partial charge is 0.227 e. The van der Waals surface area contributed by atoms with E-state index in [4.69, 9.17) is 5.73 Å². The summed E-state index contributed by atoms with van der Waals surface area (Å²) in [5, 5.41) is 12.1. The number of nitrogens with one attached hydrogen (secondary N) is 1. The monoisotopic (exact) mass is 264 g/mol. The Kier molecular flexibility index (Phi) is 7.20. The molecule has 1 aromatic rings. The zero-order valence-electron chi connectivity index (χ0n) is 9.40. The molecule has 1 aromatic heterocycles. The van der Waals surface area contributed by atoms with Crippen molar-refractivity contribution in [2.45, 2.75) is 26.7 Å². The van der Waals surface area contributed by atoms with Gasteiger partial charge in [-0.05, 0) is 5.92 Å². The Labute approximate surface area is 105 Å². The molecular formula is C9H17ClN4OS. The maximum Gasteiger partial charge on any atom is 0.227 e. The highest BCUT2D eigenvalue weighted by molar-refractivity contribution is 7.15. The van der Waals surface area contributed by atoms with Gasteiger partial charge in [-0.3, -0.25) is 4.79 Å². The third-order valence-electron chi connectivity index (χ3n) is 1.67. The molecule has 3 N–H and O–H groups in total. The van der Waals surface area contributed by atoms with Gasteiger partial charge in [0.1, 0.15) is 5.01 Å². The number of carbonyl (C=O) groups excluding carboxylic acids is 1. The van der Waals surface area contributed by atoms with E-state index in [1.54, 1.807) is 0 Å². The minimum absolute atomic E-state index is 0. The molecule has 5 nitrogen and oxygen atoms in total. The number of amides is 1. The van der Waals surface area contributed by atoms with Crippen molar-refractivity contribution in [1.29, 1.82) is 0 Å². The Morgan fingerprint density at radius 1 is 1.50 bits per heavy atom. The van der Waals surface area contributed by atoms with Crippen LogP contribution in [0.2, 0.25) is 0 Å². The Bertz CT molecular complexity index is 329. The van der Waals surface area contributed by atoms with E-state index in [0.29, 0.717) is 24.0 Å². The van der Waals surface area contributed by atoms with E-state index in [9.17, 15) is 4.79 Å². The third kappa shape index (κ3) is 5.39. The number of carbonyl (C=O) groups is 1. The van der Waals surface area contributed by atoms with Crippen LogP contribution in [0.25, 0.3) is 0 Å². The Hall–Kier alpha value is -0.720. The van der Waals surface area contributed by atoms with Crippen LogP contribution in [0.15, 0.2) is 0 Å². The highest BCUT2D eigenvalue weighted by atomic mass is 35.5. The minimum atomic E-state index is -0.107. The molecular weight excluding hydrogens is 248 g/mol. The lowest BCUT2D eigenvalue weighted by Gasteiger charge is -1.98. The minimum Gasteiger partial charge on any atom is -0.330 e. The van der Waals surface area contributed by atoms with E-state index >= 15 is 0 Å². The van der Waals surface area contributed by atoms with Gasteiger partial charge >= 0.3 is 0 Å². The quantitative estimate of drug-likeness (QED) is 0.843. The molecule has 0 aliphatic heterocycles. The molecule has 0 aliphatic rings. The van der Waals surface area contributed by atoms with Crippen LogP contribution in [-0.2, 0) is 11.2 Å². The lowest BCUT2D eigenvalue weighted by atomic mass is 10.1. The number of halogens is 1.